The summed E-state index contributed by atoms with van der Waals surface area (Å²) in [5, 5.41) is 7.60. The van der Waals surface area contributed by atoms with Crippen molar-refractivity contribution in [2.75, 3.05) is 0 Å². The molecule has 0 radical (unpaired) electrons. The molecule has 0 aliphatic rings. The highest BCUT2D eigenvalue weighted by molar-refractivity contribution is 8.59. The predicted octanol–water partition coefficient (Wildman–Crippen LogP) is 3.18. The number of pyridine rings is 2. The normalized spacial score (nSPS) is 7.05. The monoisotopic (exact) mass is 296 g/mol. The zero-order chi connectivity index (χ0) is 14.8. The van der Waals surface area contributed by atoms with E-state index in [4.69, 9.17) is 5.11 Å². The van der Waals surface area contributed by atoms with Crippen LogP contribution in [0.15, 0.2) is 73.8 Å². The van der Waals surface area contributed by atoms with Crippen molar-refractivity contribution >= 4 is 29.3 Å². The van der Waals surface area contributed by atoms with Crippen molar-refractivity contribution in [2.45, 2.75) is 0 Å². The van der Waals surface area contributed by atoms with Gasteiger partial charge in [0, 0.05) is 30.9 Å². The van der Waals surface area contributed by atoms with E-state index < -0.39 is 5.97 Å². The summed E-state index contributed by atoms with van der Waals surface area (Å²) in [6, 6.07) is 11.4. The second-order valence-corrected chi connectivity index (χ2v) is 2.59. The second-order valence-electron chi connectivity index (χ2n) is 2.59. The third kappa shape index (κ3) is 22.0. The number of hydrogen-bond donors (Lipinski definition) is 3. The van der Waals surface area contributed by atoms with Crippen LogP contribution >= 0.6 is 23.3 Å². The molecule has 2 aromatic rings. The molecule has 4 nitrogen and oxygen atoms in total. The zero-order valence-electron chi connectivity index (χ0n) is 10.2. The van der Waals surface area contributed by atoms with E-state index >= 15 is 0 Å². The molecule has 0 saturated carbocycles. The van der Waals surface area contributed by atoms with Crippen LogP contribution in [-0.4, -0.2) is 21.0 Å². The summed E-state index contributed by atoms with van der Waals surface area (Å²) in [7, 11) is 0. The highest BCUT2D eigenvalue weighted by Crippen LogP contribution is 1.74. The van der Waals surface area contributed by atoms with Crippen molar-refractivity contribution in [1.29, 1.82) is 0 Å². The Morgan fingerprint density at radius 2 is 1.16 bits per heavy atom. The third-order valence-electron chi connectivity index (χ3n) is 1.31. The summed E-state index contributed by atoms with van der Waals surface area (Å²) >= 11 is 6.44. The van der Waals surface area contributed by atoms with Crippen molar-refractivity contribution in [3.63, 3.8) is 0 Å². The fraction of sp³-hybridized carbons (Fsp3) is 0. The molecule has 1 N–H and O–H groups in total. The van der Waals surface area contributed by atoms with Crippen molar-refractivity contribution in [3.05, 3.63) is 73.8 Å². The van der Waals surface area contributed by atoms with E-state index in [9.17, 15) is 4.79 Å². The van der Waals surface area contributed by atoms with Gasteiger partial charge in [-0.25, -0.2) is 4.79 Å². The third-order valence-corrected chi connectivity index (χ3v) is 1.31. The molecule has 0 aliphatic carbocycles. The van der Waals surface area contributed by atoms with Gasteiger partial charge >= 0.3 is 5.97 Å². The Kier molecular flexibility index (Phi) is 19.1. The van der Waals surface area contributed by atoms with Gasteiger partial charge in [-0.15, -0.1) is 23.3 Å². The summed E-state index contributed by atoms with van der Waals surface area (Å²) < 4.78 is 0. The largest absolute Gasteiger partial charge is 0.478 e. The van der Waals surface area contributed by atoms with Crippen molar-refractivity contribution < 1.29 is 9.90 Å². The lowest BCUT2D eigenvalue weighted by atomic mass is 10.5. The maximum absolute atomic E-state index is 9.25. The SMILES string of the molecule is C=CC(=O)O.SS.c1ccncc1.c1ccncc1. The van der Waals surface area contributed by atoms with Crippen molar-refractivity contribution in [2.24, 2.45) is 0 Å². The average molecular weight is 296 g/mol. The lowest BCUT2D eigenvalue weighted by Gasteiger charge is -1.70. The first kappa shape index (κ1) is 19.5. The molecule has 0 amide bonds. The summed E-state index contributed by atoms with van der Waals surface area (Å²) in [5.41, 5.74) is 0. The predicted molar refractivity (Wildman–Crippen MR) is 84.3 cm³/mol. The van der Waals surface area contributed by atoms with Gasteiger partial charge in [-0.05, 0) is 24.3 Å². The van der Waals surface area contributed by atoms with Gasteiger partial charge in [0.1, 0.15) is 0 Å². The molecule has 0 fully saturated rings. The molecule has 0 aliphatic heterocycles. The van der Waals surface area contributed by atoms with Crippen LogP contribution in [0.5, 0.6) is 0 Å². The Balaban J connectivity index is 0. The minimum Gasteiger partial charge on any atom is -0.478 e. The number of hydrogen-bond acceptors (Lipinski definition) is 5. The minimum atomic E-state index is -0.981. The average Bonchev–Trinajstić information content (AvgIpc) is 2.54. The number of carbonyl (C=O) groups is 1. The molecule has 0 spiro atoms. The molecule has 2 aromatic heterocycles. The number of carboxylic acids is 1. The summed E-state index contributed by atoms with van der Waals surface area (Å²) in [5.74, 6) is -0.981. The molecule has 0 bridgehead atoms. The number of aliphatic carboxylic acids is 1. The van der Waals surface area contributed by atoms with Crippen LogP contribution in [0, 0.1) is 0 Å². The molecule has 0 aromatic carbocycles. The van der Waals surface area contributed by atoms with Crippen LogP contribution in [0.4, 0.5) is 0 Å². The maximum atomic E-state index is 9.25. The zero-order valence-corrected chi connectivity index (χ0v) is 12.0. The lowest BCUT2D eigenvalue weighted by Crippen LogP contribution is -1.82. The Bertz CT molecular complexity index is 315. The molecule has 0 atom stereocenters. The highest BCUT2D eigenvalue weighted by Gasteiger charge is 1.73. The first-order valence-electron chi connectivity index (χ1n) is 5.02. The van der Waals surface area contributed by atoms with Crippen LogP contribution < -0.4 is 0 Å². The first-order valence-corrected chi connectivity index (χ1v) is 6.62. The minimum absolute atomic E-state index is 0.833. The van der Waals surface area contributed by atoms with Gasteiger partial charge in [0.05, 0.1) is 0 Å². The molecule has 2 heterocycles. The van der Waals surface area contributed by atoms with Crippen molar-refractivity contribution in [3.8, 4) is 0 Å². The van der Waals surface area contributed by atoms with Gasteiger partial charge in [0.25, 0.3) is 0 Å². The van der Waals surface area contributed by atoms with Crippen LogP contribution in [0.25, 0.3) is 0 Å². The van der Waals surface area contributed by atoms with E-state index in [0.29, 0.717) is 0 Å². The van der Waals surface area contributed by atoms with E-state index in [1.54, 1.807) is 24.8 Å². The molecule has 6 heteroatoms. The topological polar surface area (TPSA) is 63.1 Å². The fourth-order valence-electron chi connectivity index (χ4n) is 0.625. The molecule has 0 saturated heterocycles. The van der Waals surface area contributed by atoms with Crippen molar-refractivity contribution in [1.82, 2.24) is 9.97 Å². The quantitative estimate of drug-likeness (QED) is 0.430. The van der Waals surface area contributed by atoms with Gasteiger partial charge in [0.15, 0.2) is 0 Å². The molecule has 19 heavy (non-hydrogen) atoms. The molecule has 102 valence electrons. The number of aromatic nitrogens is 2. The van der Waals surface area contributed by atoms with E-state index in [0.717, 1.165) is 6.08 Å². The van der Waals surface area contributed by atoms with Crippen LogP contribution in [0.1, 0.15) is 0 Å². The molecular formula is C13H16N2O2S2. The Morgan fingerprint density at radius 3 is 1.21 bits per heavy atom. The number of carboxylic acid groups (broad SMARTS) is 1. The fourth-order valence-corrected chi connectivity index (χ4v) is 0.625. The van der Waals surface area contributed by atoms with Gasteiger partial charge < -0.3 is 5.11 Å². The Labute approximate surface area is 123 Å². The van der Waals surface area contributed by atoms with Gasteiger partial charge in [0.2, 0.25) is 0 Å². The van der Waals surface area contributed by atoms with E-state index in [2.05, 4.69) is 39.9 Å². The van der Waals surface area contributed by atoms with E-state index in [-0.39, 0.29) is 0 Å². The molecular weight excluding hydrogens is 280 g/mol. The van der Waals surface area contributed by atoms with E-state index in [1.165, 1.54) is 0 Å². The molecule has 0 unspecified atom stereocenters. The summed E-state index contributed by atoms with van der Waals surface area (Å²) in [4.78, 5) is 16.8. The Hall–Kier alpha value is -1.79. The number of nitrogens with zero attached hydrogens (tertiary/aromatic N) is 2. The number of thiol groups is 2. The van der Waals surface area contributed by atoms with Gasteiger partial charge in [-0.3, -0.25) is 9.97 Å². The first-order chi connectivity index (χ1) is 9.27. The van der Waals surface area contributed by atoms with Crippen LogP contribution in [0.3, 0.4) is 0 Å². The van der Waals surface area contributed by atoms with Crippen LogP contribution in [0.2, 0.25) is 0 Å². The van der Waals surface area contributed by atoms with Gasteiger partial charge in [-0.1, -0.05) is 18.7 Å². The standard InChI is InChI=1S/2C5H5N.C3H4O2.H2S2/c2*1-2-4-6-5-3-1;1-2-3(4)5;1-2/h2*1-5H;2H,1H2,(H,4,5);1-2H. The highest BCUT2D eigenvalue weighted by atomic mass is 33.1. The summed E-state index contributed by atoms with van der Waals surface area (Å²) in [6.07, 6.45) is 7.83. The molecule has 2 rings (SSSR count). The second kappa shape index (κ2) is 18.6. The van der Waals surface area contributed by atoms with Crippen LogP contribution in [-0.2, 0) is 4.79 Å². The lowest BCUT2D eigenvalue weighted by molar-refractivity contribution is -0.131. The van der Waals surface area contributed by atoms with Gasteiger partial charge in [-0.2, -0.15) is 0 Å². The Morgan fingerprint density at radius 1 is 0.895 bits per heavy atom. The van der Waals surface area contributed by atoms with E-state index in [1.807, 2.05) is 36.4 Å². The number of rotatable bonds is 1. The smallest absolute Gasteiger partial charge is 0.327 e. The summed E-state index contributed by atoms with van der Waals surface area (Å²) in [6.45, 7) is 2.96. The maximum Gasteiger partial charge on any atom is 0.327 e.